The molecule has 0 radical (unpaired) electrons. The van der Waals surface area contributed by atoms with Gasteiger partial charge >= 0.3 is 6.03 Å². The number of Topliss-reactive ketones (excluding diaryl/α,β-unsaturated/α-hetero) is 2. The Morgan fingerprint density at radius 3 is 2.19 bits per heavy atom. The normalized spacial score (nSPS) is 36.8. The van der Waals surface area contributed by atoms with Gasteiger partial charge in [0.15, 0.2) is 5.79 Å². The van der Waals surface area contributed by atoms with E-state index >= 15 is 0 Å². The summed E-state index contributed by atoms with van der Waals surface area (Å²) in [5.41, 5.74) is 7.35. The molecular formula is C69H103N7O20. The molecule has 96 heavy (non-hydrogen) atoms. The number of fused-ring (bicyclic) bond motifs is 6. The summed E-state index contributed by atoms with van der Waals surface area (Å²) in [6.45, 7) is 16.7. The van der Waals surface area contributed by atoms with Gasteiger partial charge in [-0.1, -0.05) is 33.9 Å². The van der Waals surface area contributed by atoms with Crippen LogP contribution >= 0.6 is 0 Å². The van der Waals surface area contributed by atoms with Crippen molar-refractivity contribution in [2.75, 3.05) is 72.8 Å². The van der Waals surface area contributed by atoms with Gasteiger partial charge in [-0.25, -0.2) is 4.79 Å². The topological polar surface area (TPSA) is 339 Å². The number of aliphatic hydroxyl groups is 1. The van der Waals surface area contributed by atoms with E-state index in [4.69, 9.17) is 57.8 Å². The second-order valence-electron chi connectivity index (χ2n) is 28.9. The molecule has 0 aromatic rings. The molecule has 0 aromatic heterocycles. The molecule has 534 valence electrons. The number of nitrogens with zero attached hydrogens (tertiary/aromatic N) is 2. The van der Waals surface area contributed by atoms with Crippen LogP contribution in [0, 0.1) is 23.7 Å². The predicted molar refractivity (Wildman–Crippen MR) is 342 cm³/mol. The smallest absolute Gasteiger partial charge is 0.312 e. The van der Waals surface area contributed by atoms with Gasteiger partial charge in [-0.15, -0.1) is 0 Å². The molecule has 21 atom stereocenters. The van der Waals surface area contributed by atoms with Crippen LogP contribution in [0.1, 0.15) is 136 Å². The van der Waals surface area contributed by atoms with Gasteiger partial charge in [0.2, 0.25) is 17.7 Å². The van der Waals surface area contributed by atoms with Crippen LogP contribution in [0.25, 0.3) is 0 Å². The second kappa shape index (κ2) is 32.5. The number of rotatable bonds is 22. The number of nitrogens with one attached hydrogen (secondary N) is 4. The molecule has 0 saturated carbocycles. The maximum Gasteiger partial charge on any atom is 0.312 e. The summed E-state index contributed by atoms with van der Waals surface area (Å²) in [6, 6.07) is -2.95. The van der Waals surface area contributed by atoms with Crippen LogP contribution in [0.5, 0.6) is 0 Å². The largest absolute Gasteiger partial charge is 0.391 e. The molecule has 2 unspecified atom stereocenters. The van der Waals surface area contributed by atoms with Crippen molar-refractivity contribution in [1.82, 2.24) is 31.1 Å². The number of hydrogen-bond acceptors (Lipinski definition) is 21. The van der Waals surface area contributed by atoms with Crippen molar-refractivity contribution in [2.24, 2.45) is 29.4 Å². The zero-order chi connectivity index (χ0) is 67.9. The highest BCUT2D eigenvalue weighted by Gasteiger charge is 2.69. The van der Waals surface area contributed by atoms with E-state index < -0.39 is 120 Å². The van der Waals surface area contributed by atoms with Crippen LogP contribution < -0.4 is 27.0 Å². The van der Waals surface area contributed by atoms with Gasteiger partial charge in [0, 0.05) is 116 Å². The van der Waals surface area contributed by atoms with Crippen LogP contribution in [0.4, 0.5) is 4.79 Å². The average molecular weight is 1350 g/mol. The number of carbonyl (C=O) groups excluding carboxylic acids is 8. The molecule has 27 nitrogen and oxygen atoms in total. The molecule has 12 aliphatic heterocycles. The molecule has 0 aromatic carbocycles. The monoisotopic (exact) mass is 1350 g/mol. The highest BCUT2D eigenvalue weighted by molar-refractivity contribution is 6.12. The first kappa shape index (κ1) is 72.1. The number of amides is 7. The third-order valence-corrected chi connectivity index (χ3v) is 21.6. The molecule has 7 N–H and O–H groups in total. The van der Waals surface area contributed by atoms with Crippen LogP contribution in [-0.4, -0.2) is 250 Å². The maximum absolute atomic E-state index is 14.6. The van der Waals surface area contributed by atoms with Crippen LogP contribution in [-0.2, 0) is 85.7 Å². The van der Waals surface area contributed by atoms with Crippen molar-refractivity contribution < 1.29 is 95.6 Å². The third-order valence-electron chi connectivity index (χ3n) is 21.6. The summed E-state index contributed by atoms with van der Waals surface area (Å²) < 4.78 is 72.8. The van der Waals surface area contributed by atoms with E-state index in [0.717, 1.165) is 48.2 Å². The number of carbonyl (C=O) groups is 8. The van der Waals surface area contributed by atoms with Gasteiger partial charge in [0.05, 0.1) is 99.5 Å². The summed E-state index contributed by atoms with van der Waals surface area (Å²) >= 11 is 0. The summed E-state index contributed by atoms with van der Waals surface area (Å²) in [5.74, 6) is -4.61. The summed E-state index contributed by atoms with van der Waals surface area (Å²) in [4.78, 5) is 108. The predicted octanol–water partition coefficient (Wildman–Crippen LogP) is 2.30. The quantitative estimate of drug-likeness (QED) is 0.0514. The molecular weight excluding hydrogens is 1250 g/mol. The lowest BCUT2D eigenvalue weighted by Gasteiger charge is -2.47. The maximum atomic E-state index is 14.6. The summed E-state index contributed by atoms with van der Waals surface area (Å²) in [7, 11) is 1.57. The Hall–Kier alpha value is -5.14. The number of nitrogens with two attached hydrogens (primary N) is 1. The number of aliphatic hydroxyl groups excluding tert-OH is 1. The Morgan fingerprint density at radius 1 is 0.740 bits per heavy atom. The fraction of sp³-hybridized carbons (Fsp3) is 0.797. The number of imide groups is 1. The van der Waals surface area contributed by atoms with Gasteiger partial charge in [-0.3, -0.25) is 43.4 Å². The molecule has 11 fully saturated rings. The third kappa shape index (κ3) is 17.5. The van der Waals surface area contributed by atoms with E-state index in [2.05, 4.69) is 41.3 Å². The van der Waals surface area contributed by atoms with Crippen LogP contribution in [0.15, 0.2) is 36.5 Å². The molecule has 12 heterocycles. The van der Waals surface area contributed by atoms with Gasteiger partial charge < -0.3 is 84.2 Å². The zero-order valence-corrected chi connectivity index (χ0v) is 56.2. The van der Waals surface area contributed by atoms with E-state index in [9.17, 15) is 43.5 Å². The second-order valence-corrected chi connectivity index (χ2v) is 28.9. The molecule has 7 amide bonds. The SMILES string of the molecule is C=C1C[C@@H]2CC[C@@]34C[C@H]5OC6C(O[C@H]7CC[C@H](CC(=O)C[C@@H]8[C@@H](OC)[C@@H](C[C@H](O)CNC(=O)[C@H](CCCNC(N)=O)NC(=O)[C@@H](NC(=O)CCN9CCOCC(C(=O)CCCN%10C(=O)C=CC%10=O)COCC9)C(C)C)O[C@H]8C[C@H]8O[C@@H](CC[C@@H]1O2)C[C@@H](C)C8=C)O[C@@H]7[C@@H]6O3)[C@H]5O4. The number of ketones is 2. The lowest BCUT2D eigenvalue weighted by molar-refractivity contribution is -0.292. The molecule has 27 heteroatoms. The lowest BCUT2D eigenvalue weighted by Crippen LogP contribution is -2.61. The zero-order valence-electron chi connectivity index (χ0n) is 56.2. The molecule has 0 aliphatic carbocycles. The Labute approximate surface area is 562 Å². The van der Waals surface area contributed by atoms with E-state index in [0.29, 0.717) is 58.2 Å². The Balaban J connectivity index is 0.698. The molecule has 12 bridgehead atoms. The standard InChI is InChI=1S/C69H103N7O20/c1-37(2)59(74-56(80)18-22-75-23-25-87-35-41(36-88-26-24-75)49(79)10-8-21-76-57(81)15-16-58(76)82)67(84)73-48(9-7-20-71-68(70)85)66(83)72-34-43(78)31-54-60(86-6)47-30-42(77)29-45-12-14-51-61(91-45)65-64-63(93-51)62-55(94-64)33-69(95-62,96-65)19-17-46-28-39(4)50(89-46)13-11-44-27-38(3)40(5)52(90-44)32-53(47)92-54/h15-16,37-38,41,43-48,50-55,59-65,78H,4-5,7-14,17-36H2,1-3,6H3,(H,72,83)(H,73,84)(H,74,80)(H3,70,71,85)/t38-,43+,44+,45-,46+,47+,48+,50+,51+,52-,53+,54-,55-,59+,60-,61+,62+,63?,64?,65+,69+/m1/s1. The van der Waals surface area contributed by atoms with Crippen LogP contribution in [0.2, 0.25) is 0 Å². The molecule has 11 saturated heterocycles. The molecule has 12 rings (SSSR count). The van der Waals surface area contributed by atoms with Gasteiger partial charge in [-0.2, -0.15) is 0 Å². The van der Waals surface area contributed by atoms with E-state index in [1.165, 1.54) is 12.2 Å². The van der Waals surface area contributed by atoms with Crippen molar-refractivity contribution >= 4 is 47.1 Å². The highest BCUT2D eigenvalue weighted by atomic mass is 16.8. The minimum absolute atomic E-state index is 0.0136. The average Bonchev–Trinajstić information content (AvgIpc) is 1.55. The van der Waals surface area contributed by atoms with Gasteiger partial charge in [0.25, 0.3) is 11.8 Å². The van der Waals surface area contributed by atoms with Crippen LogP contribution in [0.3, 0.4) is 0 Å². The van der Waals surface area contributed by atoms with E-state index in [1.807, 2.05) is 4.90 Å². The van der Waals surface area contributed by atoms with Gasteiger partial charge in [-0.05, 0) is 87.2 Å². The minimum Gasteiger partial charge on any atom is -0.391 e. The highest BCUT2D eigenvalue weighted by Crippen LogP contribution is 2.54. The first-order valence-electron chi connectivity index (χ1n) is 35.3. The fourth-order valence-electron chi connectivity index (χ4n) is 16.4. The first-order valence-corrected chi connectivity index (χ1v) is 35.3. The number of primary amides is 1. The van der Waals surface area contributed by atoms with Crippen molar-refractivity contribution in [1.29, 1.82) is 0 Å². The van der Waals surface area contributed by atoms with Crippen molar-refractivity contribution in [2.45, 2.75) is 252 Å². The number of urea groups is 1. The summed E-state index contributed by atoms with van der Waals surface area (Å²) in [5, 5.41) is 22.8. The fourth-order valence-corrected chi connectivity index (χ4v) is 16.4. The number of ether oxygens (including phenoxy) is 11. The number of hydrogen-bond donors (Lipinski definition) is 6. The Kier molecular flexibility index (Phi) is 24.4. The molecule has 12 aliphatic rings. The Morgan fingerprint density at radius 2 is 1.45 bits per heavy atom. The van der Waals surface area contributed by atoms with E-state index in [-0.39, 0.29) is 157 Å². The van der Waals surface area contributed by atoms with Gasteiger partial charge in [0.1, 0.15) is 54.2 Å². The lowest BCUT2D eigenvalue weighted by atomic mass is 9.81. The number of methoxy groups -OCH3 is 1. The Bertz CT molecular complexity index is 2830. The first-order chi connectivity index (χ1) is 46.1. The molecule has 1 spiro atoms. The minimum atomic E-state index is -1.18. The van der Waals surface area contributed by atoms with Crippen molar-refractivity contribution in [3.8, 4) is 0 Å². The summed E-state index contributed by atoms with van der Waals surface area (Å²) in [6.07, 6.45) is 3.88. The van der Waals surface area contributed by atoms with Crippen molar-refractivity contribution in [3.05, 3.63) is 36.5 Å². The van der Waals surface area contributed by atoms with E-state index in [1.54, 1.807) is 21.0 Å². The van der Waals surface area contributed by atoms with Crippen molar-refractivity contribution in [3.63, 3.8) is 0 Å².